The molecular weight excluding hydrogens is 522 g/mol. The van der Waals surface area contributed by atoms with Gasteiger partial charge >= 0.3 is 0 Å². The first kappa shape index (κ1) is 31.4. The van der Waals surface area contributed by atoms with E-state index in [1.54, 1.807) is 0 Å². The van der Waals surface area contributed by atoms with E-state index in [1.807, 2.05) is 0 Å². The monoisotopic (exact) mass is 559 g/mol. The van der Waals surface area contributed by atoms with Crippen molar-refractivity contribution in [2.75, 3.05) is 13.2 Å². The highest BCUT2D eigenvalue weighted by molar-refractivity contribution is 5.73. The van der Waals surface area contributed by atoms with Gasteiger partial charge in [-0.3, -0.25) is 4.79 Å². The Kier molecular flexibility index (Phi) is 10.8. The van der Waals surface area contributed by atoms with E-state index < -0.39 is 117 Å². The molecule has 17 heteroatoms. The molecule has 0 radical (unpaired) electrons. The topological polar surface area (TPSA) is 278 Å². The van der Waals surface area contributed by atoms with Gasteiger partial charge in [0.2, 0.25) is 5.91 Å². The third-order valence-corrected chi connectivity index (χ3v) is 6.80. The average Bonchev–Trinajstić information content (AvgIpc) is 2.87. The van der Waals surface area contributed by atoms with E-state index in [9.17, 15) is 55.9 Å². The first-order valence-corrected chi connectivity index (χ1v) is 12.0. The first-order chi connectivity index (χ1) is 17.8. The standard InChI is InChI=1S/C21H37NO16/c1-5(17-15(31)13(29)16(32)19(33)37-17)34-21-18(14(30)11(27)8(4-24)36-21)38-20-9(22-6(2)25)12(28)10(26)7(3-23)35-20/h5,7-21,23-24,26-33H,3-4H2,1-2H3,(H,22,25)/t5-,7-,8-,9-,10-,11-,12-,13+,14+,15+,16-,17-,18+,19-,20+,21+/m1/s1. The van der Waals surface area contributed by atoms with Crippen LogP contribution in [0.4, 0.5) is 0 Å². The summed E-state index contributed by atoms with van der Waals surface area (Å²) in [5.41, 5.74) is 0. The van der Waals surface area contributed by atoms with E-state index in [-0.39, 0.29) is 0 Å². The van der Waals surface area contributed by atoms with Crippen molar-refractivity contribution in [3.63, 3.8) is 0 Å². The Bertz CT molecular complexity index is 778. The highest BCUT2D eigenvalue weighted by atomic mass is 16.8. The third kappa shape index (κ3) is 6.43. The minimum absolute atomic E-state index is 0.647. The second-order valence-electron chi connectivity index (χ2n) is 9.54. The number of hydrogen-bond donors (Lipinski definition) is 11. The summed E-state index contributed by atoms with van der Waals surface area (Å²) in [4.78, 5) is 11.7. The molecular formula is C21H37NO16. The number of aliphatic hydroxyl groups excluding tert-OH is 10. The summed E-state index contributed by atoms with van der Waals surface area (Å²) in [6.45, 7) is 0.923. The predicted octanol–water partition coefficient (Wildman–Crippen LogP) is -7.04. The number of rotatable bonds is 8. The maximum absolute atomic E-state index is 11.7. The Balaban J connectivity index is 1.85. The van der Waals surface area contributed by atoms with Crippen LogP contribution in [0.25, 0.3) is 0 Å². The Morgan fingerprint density at radius 2 is 1.32 bits per heavy atom. The van der Waals surface area contributed by atoms with Crippen molar-refractivity contribution in [1.29, 1.82) is 0 Å². The fraction of sp³-hybridized carbons (Fsp3) is 0.952. The lowest BCUT2D eigenvalue weighted by molar-refractivity contribution is -0.370. The average molecular weight is 560 g/mol. The van der Waals surface area contributed by atoms with Gasteiger partial charge in [0.1, 0.15) is 73.2 Å². The fourth-order valence-corrected chi connectivity index (χ4v) is 4.62. The van der Waals surface area contributed by atoms with Crippen LogP contribution >= 0.6 is 0 Å². The van der Waals surface area contributed by atoms with Crippen molar-refractivity contribution in [3.05, 3.63) is 0 Å². The van der Waals surface area contributed by atoms with E-state index in [0.717, 1.165) is 6.92 Å². The molecule has 11 N–H and O–H groups in total. The van der Waals surface area contributed by atoms with E-state index in [2.05, 4.69) is 5.32 Å². The number of nitrogens with one attached hydrogen (secondary N) is 1. The summed E-state index contributed by atoms with van der Waals surface area (Å²) in [5.74, 6) is -0.647. The molecule has 16 atom stereocenters. The zero-order chi connectivity index (χ0) is 28.5. The Morgan fingerprint density at radius 3 is 1.87 bits per heavy atom. The van der Waals surface area contributed by atoms with Crippen LogP contribution in [0.15, 0.2) is 0 Å². The first-order valence-electron chi connectivity index (χ1n) is 12.0. The molecule has 1 amide bonds. The molecule has 0 aliphatic carbocycles. The van der Waals surface area contributed by atoms with Crippen LogP contribution in [0.5, 0.6) is 0 Å². The summed E-state index contributed by atoms with van der Waals surface area (Å²) in [6, 6.07) is -1.42. The van der Waals surface area contributed by atoms with Crippen LogP contribution in [-0.2, 0) is 28.5 Å². The number of carbonyl (C=O) groups is 1. The van der Waals surface area contributed by atoms with E-state index >= 15 is 0 Å². The van der Waals surface area contributed by atoms with Crippen LogP contribution in [0.1, 0.15) is 13.8 Å². The van der Waals surface area contributed by atoms with Gasteiger partial charge in [-0.15, -0.1) is 0 Å². The molecule has 3 rings (SSSR count). The summed E-state index contributed by atoms with van der Waals surface area (Å²) < 4.78 is 27.7. The Morgan fingerprint density at radius 1 is 0.763 bits per heavy atom. The number of amides is 1. The van der Waals surface area contributed by atoms with Crippen molar-refractivity contribution in [2.45, 2.75) is 112 Å². The van der Waals surface area contributed by atoms with Crippen molar-refractivity contribution >= 4 is 5.91 Å². The molecule has 3 aliphatic heterocycles. The molecule has 0 unspecified atom stereocenters. The number of hydrogen-bond acceptors (Lipinski definition) is 16. The molecule has 3 heterocycles. The number of aliphatic hydroxyl groups is 10. The van der Waals surface area contributed by atoms with Crippen molar-refractivity contribution in [1.82, 2.24) is 5.32 Å². The molecule has 0 bridgehead atoms. The SMILES string of the molecule is CC(=O)N[C@H]1[C@H](O[C@@H]2[C@@H](O[C@H](C)[C@H]3O[C@@H](O)[C@H](O)[C@@H](O)[C@@H]3O)O[C@H](CO)[C@@H](O)[C@@H]2O)O[C@H](CO)[C@@H](O)[C@@H]1O. The summed E-state index contributed by atoms with van der Waals surface area (Å²) in [5, 5.41) is 103. The minimum Gasteiger partial charge on any atom is -0.394 e. The van der Waals surface area contributed by atoms with Gasteiger partial charge in [-0.25, -0.2) is 0 Å². The van der Waals surface area contributed by atoms with Crippen molar-refractivity contribution < 1.29 is 79.5 Å². The summed E-state index contributed by atoms with van der Waals surface area (Å²) in [7, 11) is 0. The molecule has 222 valence electrons. The lowest BCUT2D eigenvalue weighted by atomic mass is 9.95. The van der Waals surface area contributed by atoms with Crippen LogP contribution in [0.2, 0.25) is 0 Å². The third-order valence-electron chi connectivity index (χ3n) is 6.80. The van der Waals surface area contributed by atoms with Gasteiger partial charge in [0.05, 0.1) is 19.3 Å². The second-order valence-corrected chi connectivity index (χ2v) is 9.54. The van der Waals surface area contributed by atoms with Gasteiger partial charge < -0.3 is 80.1 Å². The lowest BCUT2D eigenvalue weighted by Gasteiger charge is -2.48. The molecule has 3 fully saturated rings. The van der Waals surface area contributed by atoms with E-state index in [4.69, 9.17) is 23.7 Å². The molecule has 3 saturated heterocycles. The van der Waals surface area contributed by atoms with Crippen molar-refractivity contribution in [3.8, 4) is 0 Å². The summed E-state index contributed by atoms with van der Waals surface area (Å²) >= 11 is 0. The molecule has 38 heavy (non-hydrogen) atoms. The van der Waals surface area contributed by atoms with Crippen LogP contribution < -0.4 is 5.32 Å². The van der Waals surface area contributed by atoms with Gasteiger partial charge in [-0.1, -0.05) is 0 Å². The molecule has 0 spiro atoms. The largest absolute Gasteiger partial charge is 0.394 e. The maximum atomic E-state index is 11.7. The molecule has 0 aromatic rings. The second kappa shape index (κ2) is 13.0. The highest BCUT2D eigenvalue weighted by Crippen LogP contribution is 2.32. The van der Waals surface area contributed by atoms with Crippen molar-refractivity contribution in [2.24, 2.45) is 0 Å². The van der Waals surface area contributed by atoms with Crippen LogP contribution in [0.3, 0.4) is 0 Å². The Hall–Kier alpha value is -1.13. The lowest BCUT2D eigenvalue weighted by Crippen LogP contribution is -2.68. The molecule has 0 saturated carbocycles. The predicted molar refractivity (Wildman–Crippen MR) is 117 cm³/mol. The molecule has 3 aliphatic rings. The highest BCUT2D eigenvalue weighted by Gasteiger charge is 2.53. The normalized spacial score (nSPS) is 48.9. The molecule has 0 aromatic carbocycles. The van der Waals surface area contributed by atoms with E-state index in [0.29, 0.717) is 0 Å². The van der Waals surface area contributed by atoms with Gasteiger partial charge in [0, 0.05) is 6.92 Å². The smallest absolute Gasteiger partial charge is 0.217 e. The number of carbonyl (C=O) groups excluding carboxylic acids is 1. The molecule has 17 nitrogen and oxygen atoms in total. The zero-order valence-electron chi connectivity index (χ0n) is 20.6. The van der Waals surface area contributed by atoms with Gasteiger partial charge in [0.25, 0.3) is 0 Å². The summed E-state index contributed by atoms with van der Waals surface area (Å²) in [6.07, 6.45) is -24.5. The maximum Gasteiger partial charge on any atom is 0.217 e. The zero-order valence-corrected chi connectivity index (χ0v) is 20.6. The van der Waals surface area contributed by atoms with Gasteiger partial charge in [-0.05, 0) is 6.92 Å². The molecule has 0 aromatic heterocycles. The van der Waals surface area contributed by atoms with Gasteiger partial charge in [-0.2, -0.15) is 0 Å². The van der Waals surface area contributed by atoms with E-state index in [1.165, 1.54) is 6.92 Å². The number of ether oxygens (including phenoxy) is 5. The van der Waals surface area contributed by atoms with Crippen LogP contribution in [0, 0.1) is 0 Å². The minimum atomic E-state index is -1.88. The fourth-order valence-electron chi connectivity index (χ4n) is 4.62. The Labute approximate surface area is 216 Å². The van der Waals surface area contributed by atoms with Crippen LogP contribution in [-0.4, -0.2) is 168 Å². The van der Waals surface area contributed by atoms with Gasteiger partial charge in [0.15, 0.2) is 18.9 Å². The quantitative estimate of drug-likeness (QED) is 0.132.